The zero-order chi connectivity index (χ0) is 18.3. The predicted molar refractivity (Wildman–Crippen MR) is 99.5 cm³/mol. The lowest BCUT2D eigenvalue weighted by molar-refractivity contribution is -0.148. The number of amides is 1. The lowest BCUT2D eigenvalue weighted by Gasteiger charge is -2.25. The summed E-state index contributed by atoms with van der Waals surface area (Å²) in [6.45, 7) is 1.89. The molecule has 2 N–H and O–H groups in total. The number of allylic oxidation sites excluding steroid dienone is 2. The van der Waals surface area contributed by atoms with Gasteiger partial charge >= 0.3 is 5.97 Å². The van der Waals surface area contributed by atoms with Gasteiger partial charge in [-0.25, -0.2) is 4.98 Å². The van der Waals surface area contributed by atoms with Crippen LogP contribution in [0.4, 0.5) is 0 Å². The minimum absolute atomic E-state index is 0.0203. The second kappa shape index (κ2) is 6.68. The van der Waals surface area contributed by atoms with Crippen LogP contribution in [0.15, 0.2) is 47.9 Å². The molecule has 2 aliphatic carbocycles. The van der Waals surface area contributed by atoms with Crippen molar-refractivity contribution in [3.8, 4) is 11.3 Å². The van der Waals surface area contributed by atoms with Crippen molar-refractivity contribution in [2.24, 2.45) is 23.7 Å². The summed E-state index contributed by atoms with van der Waals surface area (Å²) in [4.78, 5) is 29.0. The number of rotatable bonds is 5. The first-order chi connectivity index (χ1) is 12.5. The number of aromatic nitrogens is 1. The number of carboxylic acid groups (broad SMARTS) is 1. The number of nitrogens with one attached hydrogen (secondary N) is 1. The number of carbonyl (C=O) groups is 2. The van der Waals surface area contributed by atoms with E-state index in [0.717, 1.165) is 22.7 Å². The van der Waals surface area contributed by atoms with Crippen molar-refractivity contribution in [2.75, 3.05) is 0 Å². The fourth-order valence-corrected chi connectivity index (χ4v) is 4.95. The van der Waals surface area contributed by atoms with Crippen LogP contribution in [0, 0.1) is 23.7 Å². The maximum Gasteiger partial charge on any atom is 0.307 e. The Bertz CT molecular complexity index is 861. The third kappa shape index (κ3) is 2.94. The molecule has 0 aliphatic heterocycles. The summed E-state index contributed by atoms with van der Waals surface area (Å²) in [5, 5.41) is 15.3. The molecule has 2 bridgehead atoms. The van der Waals surface area contributed by atoms with Crippen LogP contribution in [0.1, 0.15) is 24.4 Å². The molecule has 1 amide bonds. The van der Waals surface area contributed by atoms with E-state index in [1.165, 1.54) is 11.3 Å². The standard InChI is InChI=1S/C20H20N2O3S/c1-11(19-22-15(10-26-19)12-5-3-2-4-6-12)21-18(23)16-13-7-8-14(9-13)17(16)20(24)25/h2-8,10-11,13-14,16-17H,9H2,1H3,(H,21,23)(H,24,25)/t11-,13-,14-,16-,17+/m0/s1. The van der Waals surface area contributed by atoms with Crippen molar-refractivity contribution >= 4 is 23.2 Å². The second-order valence-corrected chi connectivity index (χ2v) is 7.90. The zero-order valence-electron chi connectivity index (χ0n) is 14.3. The van der Waals surface area contributed by atoms with Crippen molar-refractivity contribution in [3.63, 3.8) is 0 Å². The quantitative estimate of drug-likeness (QED) is 0.792. The molecule has 0 radical (unpaired) electrons. The Labute approximate surface area is 155 Å². The van der Waals surface area contributed by atoms with Gasteiger partial charge in [0.15, 0.2) is 0 Å². The van der Waals surface area contributed by atoms with Crippen LogP contribution in [0.3, 0.4) is 0 Å². The molecule has 1 fully saturated rings. The van der Waals surface area contributed by atoms with E-state index >= 15 is 0 Å². The van der Waals surface area contributed by atoms with Crippen molar-refractivity contribution in [1.82, 2.24) is 10.3 Å². The Morgan fingerprint density at radius 2 is 1.88 bits per heavy atom. The highest BCUT2D eigenvalue weighted by atomic mass is 32.1. The Kier molecular flexibility index (Phi) is 4.36. The molecule has 134 valence electrons. The Morgan fingerprint density at radius 3 is 2.58 bits per heavy atom. The molecule has 1 heterocycles. The first kappa shape index (κ1) is 17.0. The maximum atomic E-state index is 12.8. The first-order valence-electron chi connectivity index (χ1n) is 8.77. The summed E-state index contributed by atoms with van der Waals surface area (Å²) < 4.78 is 0. The van der Waals surface area contributed by atoms with E-state index < -0.39 is 17.8 Å². The SMILES string of the molecule is C[C@H](NC(=O)[C@@H]1[C@H](C(=O)O)[C@H]2C=C[C@H]1C2)c1nc(-c2ccccc2)cs1. The molecular weight excluding hydrogens is 348 g/mol. The predicted octanol–water partition coefficient (Wildman–Crippen LogP) is 3.51. The van der Waals surface area contributed by atoms with Crippen LogP contribution in [0.5, 0.6) is 0 Å². The third-order valence-electron chi connectivity index (χ3n) is 5.37. The van der Waals surface area contributed by atoms with Gasteiger partial charge in [0, 0.05) is 10.9 Å². The third-order valence-corrected chi connectivity index (χ3v) is 6.40. The average Bonchev–Trinajstić information content (AvgIpc) is 3.37. The molecule has 2 aliphatic rings. The molecule has 1 saturated carbocycles. The monoisotopic (exact) mass is 368 g/mol. The number of benzene rings is 1. The van der Waals surface area contributed by atoms with Crippen LogP contribution < -0.4 is 5.32 Å². The van der Waals surface area contributed by atoms with Gasteiger partial charge in [-0.05, 0) is 25.2 Å². The molecule has 5 nitrogen and oxygen atoms in total. The number of carbonyl (C=O) groups excluding carboxylic acids is 1. The van der Waals surface area contributed by atoms with Gasteiger partial charge in [-0.2, -0.15) is 0 Å². The zero-order valence-corrected chi connectivity index (χ0v) is 15.1. The molecule has 4 rings (SSSR count). The van der Waals surface area contributed by atoms with E-state index in [-0.39, 0.29) is 23.8 Å². The van der Waals surface area contributed by atoms with Crippen molar-refractivity contribution in [2.45, 2.75) is 19.4 Å². The maximum absolute atomic E-state index is 12.8. The van der Waals surface area contributed by atoms with Crippen LogP contribution in [0.25, 0.3) is 11.3 Å². The van der Waals surface area contributed by atoms with Gasteiger partial charge in [-0.3, -0.25) is 9.59 Å². The fraction of sp³-hybridized carbons (Fsp3) is 0.350. The largest absolute Gasteiger partial charge is 0.481 e. The highest BCUT2D eigenvalue weighted by molar-refractivity contribution is 7.10. The van der Waals surface area contributed by atoms with Gasteiger partial charge in [-0.15, -0.1) is 11.3 Å². The summed E-state index contributed by atoms with van der Waals surface area (Å²) >= 11 is 1.50. The van der Waals surface area contributed by atoms with Gasteiger partial charge in [0.05, 0.1) is 23.6 Å². The van der Waals surface area contributed by atoms with Crippen molar-refractivity contribution in [1.29, 1.82) is 0 Å². The number of thiazole rings is 1. The summed E-state index contributed by atoms with van der Waals surface area (Å²) in [7, 11) is 0. The molecular formula is C20H20N2O3S. The van der Waals surface area contributed by atoms with E-state index in [9.17, 15) is 14.7 Å². The number of nitrogens with zero attached hydrogens (tertiary/aromatic N) is 1. The Morgan fingerprint density at radius 1 is 1.19 bits per heavy atom. The minimum Gasteiger partial charge on any atom is -0.481 e. The number of aliphatic carboxylic acids is 1. The van der Waals surface area contributed by atoms with E-state index in [4.69, 9.17) is 0 Å². The normalized spacial score (nSPS) is 27.4. The summed E-state index contributed by atoms with van der Waals surface area (Å²) in [6, 6.07) is 9.65. The van der Waals surface area contributed by atoms with Crippen LogP contribution in [0.2, 0.25) is 0 Å². The number of hydrogen-bond donors (Lipinski definition) is 2. The Balaban J connectivity index is 1.47. The molecule has 0 spiro atoms. The van der Waals surface area contributed by atoms with Gasteiger partial charge in [0.25, 0.3) is 0 Å². The molecule has 26 heavy (non-hydrogen) atoms. The number of hydrogen-bond acceptors (Lipinski definition) is 4. The Hall–Kier alpha value is -2.47. The highest BCUT2D eigenvalue weighted by Gasteiger charge is 2.51. The molecule has 5 atom stereocenters. The van der Waals surface area contributed by atoms with E-state index in [2.05, 4.69) is 10.3 Å². The smallest absolute Gasteiger partial charge is 0.307 e. The lowest BCUT2D eigenvalue weighted by Crippen LogP contribution is -2.41. The number of carboxylic acids is 1. The topological polar surface area (TPSA) is 79.3 Å². The summed E-state index contributed by atoms with van der Waals surface area (Å²) in [5.41, 5.74) is 1.93. The van der Waals surface area contributed by atoms with E-state index in [0.29, 0.717) is 0 Å². The highest BCUT2D eigenvalue weighted by Crippen LogP contribution is 2.48. The van der Waals surface area contributed by atoms with Crippen LogP contribution >= 0.6 is 11.3 Å². The van der Waals surface area contributed by atoms with E-state index in [1.807, 2.05) is 54.8 Å². The molecule has 1 aromatic heterocycles. The minimum atomic E-state index is -0.879. The van der Waals surface area contributed by atoms with Gasteiger partial charge in [0.1, 0.15) is 5.01 Å². The summed E-state index contributed by atoms with van der Waals surface area (Å²) in [5.74, 6) is -2.15. The number of fused-ring (bicyclic) bond motifs is 2. The van der Waals surface area contributed by atoms with Gasteiger partial charge in [0.2, 0.25) is 5.91 Å². The molecule has 0 unspecified atom stereocenters. The molecule has 0 saturated heterocycles. The fourth-order valence-electron chi connectivity index (χ4n) is 4.12. The van der Waals surface area contributed by atoms with Crippen LogP contribution in [-0.4, -0.2) is 22.0 Å². The first-order valence-corrected chi connectivity index (χ1v) is 9.65. The molecule has 2 aromatic rings. The van der Waals surface area contributed by atoms with Crippen molar-refractivity contribution in [3.05, 3.63) is 52.9 Å². The van der Waals surface area contributed by atoms with E-state index in [1.54, 1.807) is 0 Å². The molecule has 1 aromatic carbocycles. The van der Waals surface area contributed by atoms with Gasteiger partial charge in [-0.1, -0.05) is 42.5 Å². The second-order valence-electron chi connectivity index (χ2n) is 7.01. The van der Waals surface area contributed by atoms with Crippen molar-refractivity contribution < 1.29 is 14.7 Å². The molecule has 6 heteroatoms. The summed E-state index contributed by atoms with van der Waals surface area (Å²) in [6.07, 6.45) is 4.71. The van der Waals surface area contributed by atoms with Gasteiger partial charge < -0.3 is 10.4 Å². The average molecular weight is 368 g/mol. The lowest BCUT2D eigenvalue weighted by atomic mass is 9.82. The van der Waals surface area contributed by atoms with Crippen LogP contribution in [-0.2, 0) is 9.59 Å².